The molecule has 176 valence electrons. The van der Waals surface area contributed by atoms with Crippen LogP contribution in [0.5, 0.6) is 11.5 Å². The van der Waals surface area contributed by atoms with Gasteiger partial charge in [-0.1, -0.05) is 18.2 Å². The number of rotatable bonds is 8. The van der Waals surface area contributed by atoms with Crippen LogP contribution < -0.4 is 14.8 Å². The number of carbonyl (C=O) groups is 1. The number of benzene rings is 2. The largest absolute Gasteiger partial charge is 0.497 e. The average molecular weight is 469 g/mol. The van der Waals surface area contributed by atoms with Crippen molar-refractivity contribution in [2.75, 3.05) is 14.2 Å². The molecular formula is C26H24N6O3. The lowest BCUT2D eigenvalue weighted by Gasteiger charge is -2.11. The Balaban J connectivity index is 1.32. The van der Waals surface area contributed by atoms with Crippen LogP contribution >= 0.6 is 0 Å². The van der Waals surface area contributed by atoms with Crippen molar-refractivity contribution in [2.24, 2.45) is 0 Å². The Morgan fingerprint density at radius 1 is 0.971 bits per heavy atom. The Bertz CT molecular complexity index is 1480. The van der Waals surface area contributed by atoms with E-state index in [4.69, 9.17) is 9.47 Å². The summed E-state index contributed by atoms with van der Waals surface area (Å²) in [4.78, 5) is 17.4. The predicted octanol–water partition coefficient (Wildman–Crippen LogP) is 3.61. The van der Waals surface area contributed by atoms with Crippen LogP contribution in [0, 0.1) is 0 Å². The molecule has 0 saturated heterocycles. The lowest BCUT2D eigenvalue weighted by atomic mass is 10.1. The van der Waals surface area contributed by atoms with Crippen molar-refractivity contribution in [1.82, 2.24) is 29.9 Å². The van der Waals surface area contributed by atoms with Crippen LogP contribution in [-0.2, 0) is 13.1 Å². The standard InChI is InChI=1S/C26H24N6O3/c1-34-22-9-8-19(24(13-22)35-2)17-32-25-20(16-30-32)12-21(15-27-25)26(33)28-14-18-6-3-4-7-23(18)31-11-5-10-29-31/h3-13,15-16H,14,17H2,1-2H3,(H,28,33). The summed E-state index contributed by atoms with van der Waals surface area (Å²) in [6.07, 6.45) is 6.88. The van der Waals surface area contributed by atoms with Crippen molar-refractivity contribution >= 4 is 16.9 Å². The van der Waals surface area contributed by atoms with E-state index < -0.39 is 0 Å². The van der Waals surface area contributed by atoms with Gasteiger partial charge in [0.25, 0.3) is 5.91 Å². The third kappa shape index (κ3) is 4.56. The smallest absolute Gasteiger partial charge is 0.253 e. The molecule has 0 radical (unpaired) electrons. The highest BCUT2D eigenvalue weighted by atomic mass is 16.5. The molecule has 1 N–H and O–H groups in total. The zero-order chi connectivity index (χ0) is 24.2. The van der Waals surface area contributed by atoms with E-state index in [1.54, 1.807) is 48.2 Å². The Hall–Kier alpha value is -4.66. The van der Waals surface area contributed by atoms with Crippen molar-refractivity contribution in [3.63, 3.8) is 0 Å². The molecule has 9 nitrogen and oxygen atoms in total. The van der Waals surface area contributed by atoms with E-state index in [0.29, 0.717) is 30.0 Å². The summed E-state index contributed by atoms with van der Waals surface area (Å²) in [6.45, 7) is 0.836. The molecule has 3 aromatic heterocycles. The minimum atomic E-state index is -0.209. The van der Waals surface area contributed by atoms with Gasteiger partial charge >= 0.3 is 0 Å². The van der Waals surface area contributed by atoms with Crippen molar-refractivity contribution in [3.05, 3.63) is 96.1 Å². The van der Waals surface area contributed by atoms with Crippen molar-refractivity contribution < 1.29 is 14.3 Å². The van der Waals surface area contributed by atoms with Gasteiger partial charge in [-0.25, -0.2) is 14.3 Å². The van der Waals surface area contributed by atoms with Gasteiger partial charge in [-0.05, 0) is 35.9 Å². The first-order valence-corrected chi connectivity index (χ1v) is 11.0. The summed E-state index contributed by atoms with van der Waals surface area (Å²) in [6, 6.07) is 17.1. The second-order valence-electron chi connectivity index (χ2n) is 7.88. The fourth-order valence-electron chi connectivity index (χ4n) is 3.93. The van der Waals surface area contributed by atoms with Gasteiger partial charge in [0.15, 0.2) is 5.65 Å². The van der Waals surface area contributed by atoms with Gasteiger partial charge in [0, 0.05) is 42.2 Å². The highest BCUT2D eigenvalue weighted by molar-refractivity contribution is 5.96. The second-order valence-corrected chi connectivity index (χ2v) is 7.88. The van der Waals surface area contributed by atoms with E-state index in [9.17, 15) is 4.79 Å². The molecule has 0 aliphatic carbocycles. The van der Waals surface area contributed by atoms with Gasteiger partial charge < -0.3 is 14.8 Å². The number of nitrogens with one attached hydrogen (secondary N) is 1. The van der Waals surface area contributed by atoms with E-state index in [2.05, 4.69) is 20.5 Å². The number of ether oxygens (including phenoxy) is 2. The quantitative estimate of drug-likeness (QED) is 0.374. The fourth-order valence-corrected chi connectivity index (χ4v) is 3.93. The van der Waals surface area contributed by atoms with Gasteiger partial charge in [-0.15, -0.1) is 0 Å². The maximum atomic E-state index is 12.9. The Kier molecular flexibility index (Phi) is 6.13. The molecule has 0 aliphatic heterocycles. The number of methoxy groups -OCH3 is 2. The van der Waals surface area contributed by atoms with Gasteiger partial charge in [0.2, 0.25) is 0 Å². The summed E-state index contributed by atoms with van der Waals surface area (Å²) < 4.78 is 14.3. The third-order valence-electron chi connectivity index (χ3n) is 5.73. The molecular weight excluding hydrogens is 444 g/mol. The maximum Gasteiger partial charge on any atom is 0.253 e. The van der Waals surface area contributed by atoms with E-state index in [0.717, 1.165) is 28.0 Å². The van der Waals surface area contributed by atoms with E-state index in [-0.39, 0.29) is 5.91 Å². The highest BCUT2D eigenvalue weighted by Crippen LogP contribution is 2.26. The molecule has 35 heavy (non-hydrogen) atoms. The Morgan fingerprint density at radius 3 is 2.66 bits per heavy atom. The zero-order valence-corrected chi connectivity index (χ0v) is 19.4. The summed E-state index contributed by atoms with van der Waals surface area (Å²) in [5.74, 6) is 1.22. The van der Waals surface area contributed by atoms with E-state index >= 15 is 0 Å². The van der Waals surface area contributed by atoms with E-state index in [1.807, 2.05) is 54.7 Å². The molecule has 5 rings (SSSR count). The number of aromatic nitrogens is 5. The van der Waals surface area contributed by atoms with Gasteiger partial charge in [-0.2, -0.15) is 10.2 Å². The number of hydrogen-bond donors (Lipinski definition) is 1. The molecule has 0 unspecified atom stereocenters. The normalized spacial score (nSPS) is 10.9. The first kappa shape index (κ1) is 22.1. The first-order chi connectivity index (χ1) is 17.2. The number of hydrogen-bond acceptors (Lipinski definition) is 6. The van der Waals surface area contributed by atoms with Crippen molar-refractivity contribution in [2.45, 2.75) is 13.1 Å². The molecule has 0 atom stereocenters. The predicted molar refractivity (Wildman–Crippen MR) is 131 cm³/mol. The van der Waals surface area contributed by atoms with Crippen molar-refractivity contribution in [3.8, 4) is 17.2 Å². The lowest BCUT2D eigenvalue weighted by molar-refractivity contribution is 0.0950. The molecule has 1 amide bonds. The number of amides is 1. The molecule has 0 bridgehead atoms. The minimum Gasteiger partial charge on any atom is -0.497 e. The number of nitrogens with zero attached hydrogens (tertiary/aromatic N) is 5. The fraction of sp³-hybridized carbons (Fsp3) is 0.154. The molecule has 5 aromatic rings. The lowest BCUT2D eigenvalue weighted by Crippen LogP contribution is -2.23. The van der Waals surface area contributed by atoms with Crippen LogP contribution in [0.3, 0.4) is 0 Å². The van der Waals surface area contributed by atoms with Crippen molar-refractivity contribution in [1.29, 1.82) is 0 Å². The number of fused-ring (bicyclic) bond motifs is 1. The Labute approximate surface area is 201 Å². The summed E-state index contributed by atoms with van der Waals surface area (Å²) >= 11 is 0. The van der Waals surface area contributed by atoms with Crippen LogP contribution in [0.1, 0.15) is 21.5 Å². The molecule has 0 aliphatic rings. The molecule has 0 saturated carbocycles. The number of para-hydroxylation sites is 1. The molecule has 0 fully saturated rings. The van der Waals surface area contributed by atoms with Gasteiger partial charge in [0.1, 0.15) is 11.5 Å². The average Bonchev–Trinajstić information content (AvgIpc) is 3.58. The molecule has 3 heterocycles. The minimum absolute atomic E-state index is 0.209. The van der Waals surface area contributed by atoms with Gasteiger partial charge in [0.05, 0.1) is 38.2 Å². The SMILES string of the molecule is COc1ccc(Cn2ncc3cc(C(=O)NCc4ccccc4-n4cccn4)cnc32)c(OC)c1. The number of carbonyl (C=O) groups excluding carboxylic acids is 1. The summed E-state index contributed by atoms with van der Waals surface area (Å²) in [5, 5.41) is 12.5. The third-order valence-corrected chi connectivity index (χ3v) is 5.73. The van der Waals surface area contributed by atoms with Crippen LogP contribution in [0.25, 0.3) is 16.7 Å². The number of pyridine rings is 1. The second kappa shape index (κ2) is 9.68. The molecule has 2 aromatic carbocycles. The maximum absolute atomic E-state index is 12.9. The van der Waals surface area contributed by atoms with Crippen LogP contribution in [-0.4, -0.2) is 44.7 Å². The van der Waals surface area contributed by atoms with Crippen LogP contribution in [0.15, 0.2) is 79.4 Å². The summed E-state index contributed by atoms with van der Waals surface area (Å²) in [7, 11) is 3.24. The molecule has 9 heteroatoms. The van der Waals surface area contributed by atoms with Gasteiger partial charge in [-0.3, -0.25) is 4.79 Å². The van der Waals surface area contributed by atoms with E-state index in [1.165, 1.54) is 0 Å². The highest BCUT2D eigenvalue weighted by Gasteiger charge is 2.13. The zero-order valence-electron chi connectivity index (χ0n) is 19.4. The van der Waals surface area contributed by atoms with Crippen LogP contribution in [0.2, 0.25) is 0 Å². The topological polar surface area (TPSA) is 96.1 Å². The monoisotopic (exact) mass is 468 g/mol. The molecule has 0 spiro atoms. The first-order valence-electron chi connectivity index (χ1n) is 11.0. The van der Waals surface area contributed by atoms with Crippen LogP contribution in [0.4, 0.5) is 0 Å². The Morgan fingerprint density at radius 2 is 1.86 bits per heavy atom. The summed E-state index contributed by atoms with van der Waals surface area (Å²) in [5.41, 5.74) is 3.97.